The number of halogens is 3. The van der Waals surface area contributed by atoms with E-state index in [1.165, 1.54) is 4.68 Å². The van der Waals surface area contributed by atoms with Crippen LogP contribution >= 0.6 is 0 Å². The van der Waals surface area contributed by atoms with Gasteiger partial charge < -0.3 is 9.47 Å². The summed E-state index contributed by atoms with van der Waals surface area (Å²) in [5, 5.41) is 6.85. The van der Waals surface area contributed by atoms with Gasteiger partial charge in [0.15, 0.2) is 0 Å². The second-order valence-corrected chi connectivity index (χ2v) is 11.1. The summed E-state index contributed by atoms with van der Waals surface area (Å²) in [7, 11) is -2.74. The Morgan fingerprint density at radius 1 is 1.15 bits per heavy atom. The van der Waals surface area contributed by atoms with Crippen LogP contribution in [-0.2, 0) is 37.9 Å². The average molecular weight is 490 g/mol. The van der Waals surface area contributed by atoms with Crippen LogP contribution in [-0.4, -0.2) is 42.4 Å². The van der Waals surface area contributed by atoms with Crippen molar-refractivity contribution in [3.63, 3.8) is 0 Å². The largest absolute Gasteiger partial charge is 0.426 e. The van der Waals surface area contributed by atoms with E-state index in [0.717, 1.165) is 12.1 Å². The number of aromatic nitrogens is 2. The van der Waals surface area contributed by atoms with Crippen LogP contribution in [0.4, 0.5) is 23.8 Å². The van der Waals surface area contributed by atoms with Crippen LogP contribution in [0.15, 0.2) is 35.2 Å². The minimum absolute atomic E-state index is 0.00697. The smallest absolute Gasteiger partial charge is 0.416 e. The number of benzene rings is 1. The van der Waals surface area contributed by atoms with Crippen molar-refractivity contribution in [3.05, 3.63) is 41.6 Å². The molecule has 0 unspecified atom stereocenters. The van der Waals surface area contributed by atoms with Gasteiger partial charge in [0.2, 0.25) is 14.8 Å². The topological polar surface area (TPSA) is 99.5 Å². The van der Waals surface area contributed by atoms with Crippen molar-refractivity contribution in [3.8, 4) is 0 Å². The van der Waals surface area contributed by atoms with Gasteiger partial charge in [-0.05, 0) is 24.3 Å². The third kappa shape index (κ3) is 5.16. The molecule has 2 heterocycles. The van der Waals surface area contributed by atoms with Gasteiger partial charge in [-0.25, -0.2) is 13.2 Å². The molecule has 0 bridgehead atoms. The highest BCUT2D eigenvalue weighted by molar-refractivity contribution is 7.92. The fourth-order valence-electron chi connectivity index (χ4n) is 3.40. The molecule has 1 aromatic carbocycles. The van der Waals surface area contributed by atoms with Gasteiger partial charge >= 0.3 is 12.3 Å². The summed E-state index contributed by atoms with van der Waals surface area (Å²) in [6.45, 7) is 5.86. The molecule has 0 saturated carbocycles. The molecule has 1 saturated heterocycles. The van der Waals surface area contributed by atoms with Gasteiger partial charge in [-0.15, -0.1) is 0 Å². The molecule has 0 radical (unpaired) electrons. The van der Waals surface area contributed by atoms with E-state index < -0.39 is 32.6 Å². The number of hydrogen-bond acceptors (Lipinski definition) is 6. The molecule has 0 spiro atoms. The number of carbonyl (C=O) groups is 1. The minimum atomic E-state index is -4.61. The van der Waals surface area contributed by atoms with Crippen molar-refractivity contribution in [2.45, 2.75) is 55.0 Å². The third-order valence-corrected chi connectivity index (χ3v) is 7.76. The Balaban J connectivity index is 1.88. The second kappa shape index (κ2) is 8.64. The molecule has 12 heteroatoms. The van der Waals surface area contributed by atoms with Crippen LogP contribution < -0.4 is 5.32 Å². The lowest BCUT2D eigenvalue weighted by Gasteiger charge is -2.35. The molecule has 182 valence electrons. The lowest BCUT2D eigenvalue weighted by atomic mass is 9.92. The van der Waals surface area contributed by atoms with Crippen LogP contribution in [0.1, 0.15) is 44.9 Å². The first-order valence-corrected chi connectivity index (χ1v) is 11.7. The van der Waals surface area contributed by atoms with Crippen LogP contribution in [0.3, 0.4) is 0 Å². The van der Waals surface area contributed by atoms with E-state index in [-0.39, 0.29) is 36.4 Å². The molecule has 0 aliphatic carbocycles. The van der Waals surface area contributed by atoms with Crippen molar-refractivity contribution in [2.75, 3.05) is 18.5 Å². The van der Waals surface area contributed by atoms with Crippen molar-refractivity contribution >= 4 is 21.7 Å². The van der Waals surface area contributed by atoms with Gasteiger partial charge in [0, 0.05) is 31.4 Å². The predicted octanol–water partition coefficient (Wildman–Crippen LogP) is 4.27. The summed E-state index contributed by atoms with van der Waals surface area (Å²) in [6.07, 6.45) is -5.95. The standard InChI is InChI=1S/C21H26F3N3O5S/c1-19(2,3)16-13-17(27(4)26-16)25-18(28)32-20(9-11-31-12-10-20)33(29,30)15-7-5-14(6-8-15)21(22,23)24/h5-8,13H,9-12H2,1-4H3,(H,25,28). The molecule has 1 aromatic heterocycles. The Bertz CT molecular complexity index is 1110. The summed E-state index contributed by atoms with van der Waals surface area (Å²) in [5.74, 6) is 0.305. The molecule has 33 heavy (non-hydrogen) atoms. The Hall–Kier alpha value is -2.60. The second-order valence-electron chi connectivity index (χ2n) is 8.85. The normalized spacial score (nSPS) is 16.9. The number of alkyl halides is 3. The zero-order chi connectivity index (χ0) is 24.7. The highest BCUT2D eigenvalue weighted by Crippen LogP contribution is 2.38. The summed E-state index contributed by atoms with van der Waals surface area (Å²) in [6, 6.07) is 4.76. The van der Waals surface area contributed by atoms with Gasteiger partial charge in [-0.1, -0.05) is 20.8 Å². The van der Waals surface area contributed by atoms with Crippen LogP contribution in [0, 0.1) is 0 Å². The number of ether oxygens (including phenoxy) is 2. The van der Waals surface area contributed by atoms with E-state index in [4.69, 9.17) is 9.47 Å². The van der Waals surface area contributed by atoms with Gasteiger partial charge in [-0.3, -0.25) is 10.00 Å². The van der Waals surface area contributed by atoms with Crippen LogP contribution in [0.25, 0.3) is 0 Å². The van der Waals surface area contributed by atoms with Gasteiger partial charge in [0.05, 0.1) is 29.4 Å². The van der Waals surface area contributed by atoms with Gasteiger partial charge in [0.25, 0.3) is 0 Å². The van der Waals surface area contributed by atoms with E-state index >= 15 is 0 Å². The zero-order valence-corrected chi connectivity index (χ0v) is 19.5. The summed E-state index contributed by atoms with van der Waals surface area (Å²) in [5.41, 5.74) is -0.555. The Morgan fingerprint density at radius 3 is 2.21 bits per heavy atom. The summed E-state index contributed by atoms with van der Waals surface area (Å²) in [4.78, 5) is 10.4. The van der Waals surface area contributed by atoms with E-state index in [1.54, 1.807) is 13.1 Å². The summed E-state index contributed by atoms with van der Waals surface area (Å²) < 4.78 is 77.6. The molecule has 1 aliphatic heterocycles. The van der Waals surface area contributed by atoms with E-state index in [2.05, 4.69) is 10.4 Å². The maximum atomic E-state index is 13.4. The van der Waals surface area contributed by atoms with Gasteiger partial charge in [-0.2, -0.15) is 18.3 Å². The first kappa shape index (κ1) is 25.0. The van der Waals surface area contributed by atoms with Crippen LogP contribution in [0.2, 0.25) is 0 Å². The maximum Gasteiger partial charge on any atom is 0.416 e. The highest BCUT2D eigenvalue weighted by Gasteiger charge is 2.50. The first-order valence-electron chi connectivity index (χ1n) is 10.2. The molecule has 1 N–H and O–H groups in total. The number of nitrogens with zero attached hydrogens (tertiary/aromatic N) is 2. The number of nitrogens with one attached hydrogen (secondary N) is 1. The fraction of sp³-hybridized carbons (Fsp3) is 0.524. The maximum absolute atomic E-state index is 13.4. The number of carbonyl (C=O) groups excluding carboxylic acids is 1. The molecule has 1 aliphatic rings. The van der Waals surface area contributed by atoms with Crippen molar-refractivity contribution in [1.29, 1.82) is 0 Å². The van der Waals surface area contributed by atoms with E-state index in [1.807, 2.05) is 20.8 Å². The average Bonchev–Trinajstić information content (AvgIpc) is 3.08. The lowest BCUT2D eigenvalue weighted by molar-refractivity contribution is -0.137. The number of amides is 1. The van der Waals surface area contributed by atoms with E-state index in [9.17, 15) is 26.4 Å². The van der Waals surface area contributed by atoms with Crippen molar-refractivity contribution < 1.29 is 35.9 Å². The molecule has 3 rings (SSSR count). The SMILES string of the molecule is Cn1nc(C(C)(C)C)cc1NC(=O)OC1(S(=O)(=O)c2ccc(C(F)(F)F)cc2)CCOCC1. The number of sulfone groups is 1. The Morgan fingerprint density at radius 2 is 1.73 bits per heavy atom. The number of anilines is 1. The molecular formula is C21H26F3N3O5S. The zero-order valence-electron chi connectivity index (χ0n) is 18.7. The predicted molar refractivity (Wildman–Crippen MR) is 113 cm³/mol. The van der Waals surface area contributed by atoms with E-state index in [0.29, 0.717) is 23.6 Å². The quantitative estimate of drug-likeness (QED) is 0.689. The van der Waals surface area contributed by atoms with Gasteiger partial charge in [0.1, 0.15) is 5.82 Å². The monoisotopic (exact) mass is 489 g/mol. The number of rotatable bonds is 4. The van der Waals surface area contributed by atoms with Crippen molar-refractivity contribution in [2.24, 2.45) is 7.05 Å². The van der Waals surface area contributed by atoms with Crippen molar-refractivity contribution in [1.82, 2.24) is 9.78 Å². The Labute approximate surface area is 190 Å². The first-order chi connectivity index (χ1) is 15.2. The molecule has 1 amide bonds. The third-order valence-electron chi connectivity index (χ3n) is 5.39. The Kier molecular flexibility index (Phi) is 6.55. The van der Waals surface area contributed by atoms with Crippen LogP contribution in [0.5, 0.6) is 0 Å². The molecule has 1 fully saturated rings. The summed E-state index contributed by atoms with van der Waals surface area (Å²) >= 11 is 0. The molecule has 8 nitrogen and oxygen atoms in total. The molecule has 2 aromatic rings. The molecular weight excluding hydrogens is 463 g/mol. The highest BCUT2D eigenvalue weighted by atomic mass is 32.2. The number of aryl methyl sites for hydroxylation is 1. The lowest BCUT2D eigenvalue weighted by Crippen LogP contribution is -2.48. The minimum Gasteiger partial charge on any atom is -0.426 e. The fourth-order valence-corrected chi connectivity index (χ4v) is 5.21. The number of hydrogen-bond donors (Lipinski definition) is 1. The molecule has 0 atom stereocenters.